The first-order valence-corrected chi connectivity index (χ1v) is 12.3. The van der Waals surface area contributed by atoms with E-state index >= 15 is 0 Å². The zero-order chi connectivity index (χ0) is 22.5. The van der Waals surface area contributed by atoms with Gasteiger partial charge in [0.25, 0.3) is 0 Å². The van der Waals surface area contributed by atoms with Crippen LogP contribution >= 0.6 is 23.1 Å². The van der Waals surface area contributed by atoms with E-state index in [4.69, 9.17) is 4.74 Å². The standard InChI is InChI=1S/C21H25N5O4S2/c1-30-16-7-5-15(6-8-16)26-12-14(11-17(26)27)19(29)22-20-23-24-21(32-20)31-13-18(28)25-9-3-2-4-10-25/h5-8,14H,2-4,9-13H2,1H3,(H,22,23,29). The van der Waals surface area contributed by atoms with Gasteiger partial charge in [-0.2, -0.15) is 0 Å². The monoisotopic (exact) mass is 475 g/mol. The normalized spacial score (nSPS) is 18.7. The number of hydrogen-bond acceptors (Lipinski definition) is 8. The molecule has 0 aliphatic carbocycles. The lowest BCUT2D eigenvalue weighted by atomic mass is 10.1. The molecule has 170 valence electrons. The van der Waals surface area contributed by atoms with Crippen molar-refractivity contribution >= 4 is 51.6 Å². The van der Waals surface area contributed by atoms with Gasteiger partial charge in [0, 0.05) is 31.7 Å². The van der Waals surface area contributed by atoms with E-state index in [1.54, 1.807) is 36.3 Å². The van der Waals surface area contributed by atoms with Crippen molar-refractivity contribution in [1.82, 2.24) is 15.1 Å². The molecule has 0 spiro atoms. The molecule has 2 saturated heterocycles. The van der Waals surface area contributed by atoms with E-state index in [0.29, 0.717) is 27.5 Å². The van der Waals surface area contributed by atoms with E-state index in [1.807, 2.05) is 4.90 Å². The molecule has 0 saturated carbocycles. The van der Waals surface area contributed by atoms with Crippen LogP contribution in [0.3, 0.4) is 0 Å². The van der Waals surface area contributed by atoms with Crippen molar-refractivity contribution < 1.29 is 19.1 Å². The van der Waals surface area contributed by atoms with Crippen LogP contribution in [0.2, 0.25) is 0 Å². The zero-order valence-electron chi connectivity index (χ0n) is 17.8. The summed E-state index contributed by atoms with van der Waals surface area (Å²) in [6.07, 6.45) is 3.44. The largest absolute Gasteiger partial charge is 0.497 e. The molecule has 9 nitrogen and oxygen atoms in total. The van der Waals surface area contributed by atoms with E-state index in [-0.39, 0.29) is 24.1 Å². The number of rotatable bonds is 7. The first-order valence-electron chi connectivity index (χ1n) is 10.5. The number of methoxy groups -OCH3 is 1. The van der Waals surface area contributed by atoms with Crippen molar-refractivity contribution in [3.8, 4) is 5.75 Å². The molecule has 1 aromatic carbocycles. The molecule has 0 bridgehead atoms. The van der Waals surface area contributed by atoms with Crippen LogP contribution in [0.15, 0.2) is 28.6 Å². The minimum atomic E-state index is -0.467. The van der Waals surface area contributed by atoms with Gasteiger partial charge in [0.1, 0.15) is 5.75 Å². The summed E-state index contributed by atoms with van der Waals surface area (Å²) in [5.74, 6) is 0.309. The highest BCUT2D eigenvalue weighted by atomic mass is 32.2. The fourth-order valence-corrected chi connectivity index (χ4v) is 5.44. The maximum absolute atomic E-state index is 12.7. The van der Waals surface area contributed by atoms with Gasteiger partial charge in [0.05, 0.1) is 18.8 Å². The van der Waals surface area contributed by atoms with E-state index in [0.717, 1.165) is 31.6 Å². The smallest absolute Gasteiger partial charge is 0.233 e. The lowest BCUT2D eigenvalue weighted by Crippen LogP contribution is -2.36. The summed E-state index contributed by atoms with van der Waals surface area (Å²) in [5, 5.41) is 11.2. The first kappa shape index (κ1) is 22.5. The average molecular weight is 476 g/mol. The van der Waals surface area contributed by atoms with Crippen molar-refractivity contribution in [2.75, 3.05) is 42.7 Å². The number of thioether (sulfide) groups is 1. The number of likely N-dealkylation sites (tertiary alicyclic amines) is 1. The van der Waals surface area contributed by atoms with Gasteiger partial charge in [-0.05, 0) is 43.5 Å². The molecule has 2 aromatic rings. The van der Waals surface area contributed by atoms with Gasteiger partial charge < -0.3 is 19.9 Å². The van der Waals surface area contributed by atoms with Gasteiger partial charge in [-0.3, -0.25) is 14.4 Å². The number of anilines is 2. The highest BCUT2D eigenvalue weighted by molar-refractivity contribution is 8.01. The summed E-state index contributed by atoms with van der Waals surface area (Å²) in [6, 6.07) is 7.17. The van der Waals surface area contributed by atoms with E-state index < -0.39 is 5.92 Å². The Balaban J connectivity index is 1.28. The Bertz CT molecular complexity index is 975. The second-order valence-corrected chi connectivity index (χ2v) is 9.90. The molecule has 2 fully saturated rings. The van der Waals surface area contributed by atoms with Gasteiger partial charge in [-0.1, -0.05) is 23.1 Å². The molecular formula is C21H25N5O4S2. The maximum atomic E-state index is 12.7. The van der Waals surface area contributed by atoms with Gasteiger partial charge in [-0.15, -0.1) is 10.2 Å². The molecule has 2 aliphatic rings. The number of aromatic nitrogens is 2. The number of piperidine rings is 1. The van der Waals surface area contributed by atoms with Crippen LogP contribution in [0, 0.1) is 5.92 Å². The van der Waals surface area contributed by atoms with Crippen LogP contribution in [0.5, 0.6) is 5.75 Å². The molecular weight excluding hydrogens is 450 g/mol. The van der Waals surface area contributed by atoms with Crippen LogP contribution < -0.4 is 15.0 Å². The van der Waals surface area contributed by atoms with Crippen molar-refractivity contribution in [3.05, 3.63) is 24.3 Å². The maximum Gasteiger partial charge on any atom is 0.233 e. The second kappa shape index (κ2) is 10.3. The summed E-state index contributed by atoms with van der Waals surface area (Å²) in [4.78, 5) is 40.9. The van der Waals surface area contributed by atoms with Gasteiger partial charge >= 0.3 is 0 Å². The molecule has 1 aromatic heterocycles. The number of carbonyl (C=O) groups excluding carboxylic acids is 3. The summed E-state index contributed by atoms with van der Waals surface area (Å²) in [6.45, 7) is 1.96. The van der Waals surface area contributed by atoms with Gasteiger partial charge in [-0.25, -0.2) is 0 Å². The molecule has 3 heterocycles. The number of hydrogen-bond donors (Lipinski definition) is 1. The Morgan fingerprint density at radius 3 is 2.66 bits per heavy atom. The quantitative estimate of drug-likeness (QED) is 0.485. The highest BCUT2D eigenvalue weighted by Gasteiger charge is 2.35. The van der Waals surface area contributed by atoms with E-state index in [2.05, 4.69) is 15.5 Å². The van der Waals surface area contributed by atoms with Crippen LogP contribution in [-0.2, 0) is 14.4 Å². The molecule has 4 rings (SSSR count). The van der Waals surface area contributed by atoms with Gasteiger partial charge in [0.2, 0.25) is 22.9 Å². The first-order chi connectivity index (χ1) is 15.5. The number of nitrogens with zero attached hydrogens (tertiary/aromatic N) is 4. The summed E-state index contributed by atoms with van der Waals surface area (Å²) >= 11 is 2.57. The number of amides is 3. The summed E-state index contributed by atoms with van der Waals surface area (Å²) in [5.41, 5.74) is 0.735. The third kappa shape index (κ3) is 5.39. The third-order valence-corrected chi connectivity index (χ3v) is 7.50. The van der Waals surface area contributed by atoms with Gasteiger partial charge in [0.15, 0.2) is 4.34 Å². The number of benzene rings is 1. The van der Waals surface area contributed by atoms with Crippen LogP contribution in [0.25, 0.3) is 0 Å². The molecule has 1 unspecified atom stereocenters. The van der Waals surface area contributed by atoms with Crippen LogP contribution in [0.4, 0.5) is 10.8 Å². The Kier molecular flexibility index (Phi) is 7.26. The Morgan fingerprint density at radius 2 is 1.94 bits per heavy atom. The third-order valence-electron chi connectivity index (χ3n) is 5.54. The topological polar surface area (TPSA) is 105 Å². The SMILES string of the molecule is COc1ccc(N2CC(C(=O)Nc3nnc(SCC(=O)N4CCCCC4)s3)CC2=O)cc1. The van der Waals surface area contributed by atoms with Crippen LogP contribution in [-0.4, -0.2) is 65.3 Å². The molecule has 0 radical (unpaired) electrons. The number of nitrogens with one attached hydrogen (secondary N) is 1. The van der Waals surface area contributed by atoms with Crippen LogP contribution in [0.1, 0.15) is 25.7 Å². The van der Waals surface area contributed by atoms with Crippen molar-refractivity contribution in [2.24, 2.45) is 5.92 Å². The molecule has 32 heavy (non-hydrogen) atoms. The van der Waals surface area contributed by atoms with E-state index in [9.17, 15) is 14.4 Å². The fourth-order valence-electron chi connectivity index (χ4n) is 3.78. The lowest BCUT2D eigenvalue weighted by Gasteiger charge is -2.26. The predicted octanol–water partition coefficient (Wildman–Crippen LogP) is 2.64. The van der Waals surface area contributed by atoms with Crippen molar-refractivity contribution in [1.29, 1.82) is 0 Å². The Morgan fingerprint density at radius 1 is 1.19 bits per heavy atom. The molecule has 1 atom stereocenters. The predicted molar refractivity (Wildman–Crippen MR) is 123 cm³/mol. The molecule has 1 N–H and O–H groups in total. The lowest BCUT2D eigenvalue weighted by molar-refractivity contribution is -0.129. The Labute approximate surface area is 194 Å². The molecule has 2 aliphatic heterocycles. The van der Waals surface area contributed by atoms with Crippen molar-refractivity contribution in [2.45, 2.75) is 30.0 Å². The Hall–Kier alpha value is -2.66. The molecule has 3 amide bonds. The molecule has 11 heteroatoms. The van der Waals surface area contributed by atoms with Crippen molar-refractivity contribution in [3.63, 3.8) is 0 Å². The highest BCUT2D eigenvalue weighted by Crippen LogP contribution is 2.29. The van der Waals surface area contributed by atoms with E-state index in [1.165, 1.54) is 29.5 Å². The zero-order valence-corrected chi connectivity index (χ0v) is 19.4. The summed E-state index contributed by atoms with van der Waals surface area (Å²) in [7, 11) is 1.58. The minimum absolute atomic E-state index is 0.0972. The fraction of sp³-hybridized carbons (Fsp3) is 0.476. The number of carbonyl (C=O) groups is 3. The second-order valence-electron chi connectivity index (χ2n) is 7.70. The minimum Gasteiger partial charge on any atom is -0.497 e. The average Bonchev–Trinajstić information content (AvgIpc) is 3.44. The summed E-state index contributed by atoms with van der Waals surface area (Å²) < 4.78 is 5.78. The number of ether oxygens (including phenoxy) is 1.